The maximum absolute atomic E-state index is 14.1. The van der Waals surface area contributed by atoms with Gasteiger partial charge in [-0.25, -0.2) is 0 Å². The van der Waals surface area contributed by atoms with Gasteiger partial charge in [0.15, 0.2) is 0 Å². The third-order valence-corrected chi connectivity index (χ3v) is 7.19. The van der Waals surface area contributed by atoms with Crippen LogP contribution in [-0.4, -0.2) is 4.57 Å². The minimum absolute atomic E-state index is 0.152. The van der Waals surface area contributed by atoms with Crippen LogP contribution in [0.4, 0.5) is 0 Å². The van der Waals surface area contributed by atoms with Crippen LogP contribution in [0.3, 0.4) is 0 Å². The van der Waals surface area contributed by atoms with Crippen molar-refractivity contribution in [2.24, 2.45) is 0 Å². The van der Waals surface area contributed by atoms with E-state index in [1.165, 1.54) is 0 Å². The number of nitrogens with zero attached hydrogens (tertiary/aromatic N) is 1. The zero-order chi connectivity index (χ0) is 24.7. The SMILES string of the molecule is O=c1c2ccccc2oc2cc3c(=O)c4c(-n5c6ccccc6c6ccccc65)cccc4oc3cc12. The fourth-order valence-electron chi connectivity index (χ4n) is 5.54. The summed E-state index contributed by atoms with van der Waals surface area (Å²) in [6.07, 6.45) is 0. The first-order valence-electron chi connectivity index (χ1n) is 12.0. The molecule has 0 saturated carbocycles. The zero-order valence-electron chi connectivity index (χ0n) is 19.4. The van der Waals surface area contributed by atoms with Crippen LogP contribution in [0, 0.1) is 0 Å². The van der Waals surface area contributed by atoms with Gasteiger partial charge in [0.2, 0.25) is 10.9 Å². The molecule has 3 heterocycles. The van der Waals surface area contributed by atoms with Crippen molar-refractivity contribution in [2.75, 3.05) is 0 Å². The first-order chi connectivity index (χ1) is 18.2. The topological polar surface area (TPSA) is 65.3 Å². The van der Waals surface area contributed by atoms with Gasteiger partial charge in [-0.1, -0.05) is 54.6 Å². The van der Waals surface area contributed by atoms with Crippen molar-refractivity contribution < 1.29 is 8.83 Å². The molecule has 174 valence electrons. The molecule has 0 aliphatic heterocycles. The molecular weight excluding hydrogens is 462 g/mol. The van der Waals surface area contributed by atoms with Gasteiger partial charge < -0.3 is 13.4 Å². The average molecular weight is 479 g/mol. The average Bonchev–Trinajstić information content (AvgIpc) is 3.27. The molecule has 8 rings (SSSR count). The Hall–Kier alpha value is -5.16. The molecule has 5 nitrogen and oxygen atoms in total. The molecule has 8 aromatic rings. The van der Waals surface area contributed by atoms with Gasteiger partial charge in [-0.15, -0.1) is 0 Å². The second kappa shape index (κ2) is 7.18. The van der Waals surface area contributed by atoms with Crippen molar-refractivity contribution in [3.8, 4) is 5.69 Å². The molecule has 0 atom stereocenters. The van der Waals surface area contributed by atoms with Crippen molar-refractivity contribution in [2.45, 2.75) is 0 Å². The van der Waals surface area contributed by atoms with Crippen LogP contribution in [0.2, 0.25) is 0 Å². The van der Waals surface area contributed by atoms with Crippen LogP contribution in [-0.2, 0) is 0 Å². The summed E-state index contributed by atoms with van der Waals surface area (Å²) in [5, 5.41) is 3.94. The van der Waals surface area contributed by atoms with Gasteiger partial charge in [0, 0.05) is 10.8 Å². The normalized spacial score (nSPS) is 12.0. The second-order valence-corrected chi connectivity index (χ2v) is 9.22. The predicted molar refractivity (Wildman–Crippen MR) is 148 cm³/mol. The molecular formula is C32H17NO4. The van der Waals surface area contributed by atoms with E-state index in [1.54, 1.807) is 36.4 Å². The Labute approximate surface area is 208 Å². The Morgan fingerprint density at radius 1 is 0.459 bits per heavy atom. The lowest BCUT2D eigenvalue weighted by atomic mass is 10.1. The number of hydrogen-bond donors (Lipinski definition) is 0. The maximum Gasteiger partial charge on any atom is 0.202 e. The van der Waals surface area contributed by atoms with Gasteiger partial charge in [-0.05, 0) is 48.5 Å². The molecule has 3 aromatic heterocycles. The molecule has 0 radical (unpaired) electrons. The fourth-order valence-corrected chi connectivity index (χ4v) is 5.54. The molecule has 0 aliphatic rings. The zero-order valence-corrected chi connectivity index (χ0v) is 19.4. The Morgan fingerprint density at radius 3 is 1.70 bits per heavy atom. The molecule has 0 fully saturated rings. The van der Waals surface area contributed by atoms with E-state index in [-0.39, 0.29) is 10.9 Å². The van der Waals surface area contributed by atoms with E-state index in [2.05, 4.69) is 28.8 Å². The molecule has 0 N–H and O–H groups in total. The molecule has 0 amide bonds. The lowest BCUT2D eigenvalue weighted by Crippen LogP contribution is -2.08. The fraction of sp³-hybridized carbons (Fsp3) is 0. The second-order valence-electron chi connectivity index (χ2n) is 9.22. The van der Waals surface area contributed by atoms with E-state index in [0.717, 1.165) is 27.5 Å². The standard InChI is InChI=1S/C32H17NO4/c34-31-20-10-3-6-14-26(20)36-28-17-22-29(16-21(28)31)37-27-15-7-13-25(30(27)32(22)35)33-23-11-4-1-8-18(23)19-9-2-5-12-24(19)33/h1-17H. The number of hydrogen-bond acceptors (Lipinski definition) is 4. The highest BCUT2D eigenvalue weighted by Gasteiger charge is 2.19. The summed E-state index contributed by atoms with van der Waals surface area (Å²) in [6, 6.07) is 32.3. The van der Waals surface area contributed by atoms with Crippen molar-refractivity contribution in [1.82, 2.24) is 4.57 Å². The predicted octanol–water partition coefficient (Wildman–Crippen LogP) is 7.30. The van der Waals surface area contributed by atoms with Crippen LogP contribution in [0.5, 0.6) is 0 Å². The highest BCUT2D eigenvalue weighted by Crippen LogP contribution is 2.34. The number of rotatable bonds is 1. The summed E-state index contributed by atoms with van der Waals surface area (Å²) in [4.78, 5) is 27.2. The summed E-state index contributed by atoms with van der Waals surface area (Å²) in [5.41, 5.74) is 4.08. The van der Waals surface area contributed by atoms with Gasteiger partial charge >= 0.3 is 0 Å². The number of aromatic nitrogens is 1. The van der Waals surface area contributed by atoms with Gasteiger partial charge in [0.1, 0.15) is 22.3 Å². The van der Waals surface area contributed by atoms with Gasteiger partial charge in [-0.2, -0.15) is 0 Å². The van der Waals surface area contributed by atoms with Gasteiger partial charge in [0.25, 0.3) is 0 Å². The summed E-state index contributed by atoms with van der Waals surface area (Å²) >= 11 is 0. The Balaban J connectivity index is 1.53. The van der Waals surface area contributed by atoms with E-state index in [0.29, 0.717) is 43.9 Å². The first-order valence-corrected chi connectivity index (χ1v) is 12.0. The summed E-state index contributed by atoms with van der Waals surface area (Å²) in [5.74, 6) is 0. The lowest BCUT2D eigenvalue weighted by Gasteiger charge is -2.11. The molecule has 0 saturated heterocycles. The quantitative estimate of drug-likeness (QED) is 0.232. The summed E-state index contributed by atoms with van der Waals surface area (Å²) < 4.78 is 14.4. The minimum Gasteiger partial charge on any atom is -0.456 e. The van der Waals surface area contributed by atoms with Crippen LogP contribution < -0.4 is 10.9 Å². The molecule has 37 heavy (non-hydrogen) atoms. The van der Waals surface area contributed by atoms with Gasteiger partial charge in [0.05, 0.1) is 38.3 Å². The smallest absolute Gasteiger partial charge is 0.202 e. The molecule has 0 aliphatic carbocycles. The lowest BCUT2D eigenvalue weighted by molar-refractivity contribution is 0.652. The number of benzene rings is 5. The first kappa shape index (κ1) is 20.1. The van der Waals surface area contributed by atoms with E-state index in [1.807, 2.05) is 42.5 Å². The summed E-state index contributed by atoms with van der Waals surface area (Å²) in [6.45, 7) is 0. The van der Waals surface area contributed by atoms with Crippen LogP contribution >= 0.6 is 0 Å². The maximum atomic E-state index is 14.1. The highest BCUT2D eigenvalue weighted by atomic mass is 16.3. The monoisotopic (exact) mass is 479 g/mol. The number of fused-ring (bicyclic) bond motifs is 7. The Kier molecular flexibility index (Phi) is 3.90. The largest absolute Gasteiger partial charge is 0.456 e. The molecule has 5 aromatic carbocycles. The van der Waals surface area contributed by atoms with Crippen molar-refractivity contribution >= 4 is 65.7 Å². The van der Waals surface area contributed by atoms with E-state index < -0.39 is 0 Å². The highest BCUT2D eigenvalue weighted by molar-refractivity contribution is 6.11. The summed E-state index contributed by atoms with van der Waals surface area (Å²) in [7, 11) is 0. The molecule has 0 unspecified atom stereocenters. The molecule has 0 spiro atoms. The molecule has 0 bridgehead atoms. The van der Waals surface area contributed by atoms with E-state index in [9.17, 15) is 9.59 Å². The van der Waals surface area contributed by atoms with Crippen LogP contribution in [0.25, 0.3) is 71.4 Å². The number of para-hydroxylation sites is 3. The van der Waals surface area contributed by atoms with Crippen LogP contribution in [0.15, 0.2) is 122 Å². The van der Waals surface area contributed by atoms with Gasteiger partial charge in [-0.3, -0.25) is 9.59 Å². The Morgan fingerprint density at radius 2 is 1.00 bits per heavy atom. The van der Waals surface area contributed by atoms with Crippen molar-refractivity contribution in [3.63, 3.8) is 0 Å². The third-order valence-electron chi connectivity index (χ3n) is 7.19. The molecule has 5 heteroatoms. The third kappa shape index (κ3) is 2.68. The van der Waals surface area contributed by atoms with Crippen molar-refractivity contribution in [3.05, 3.63) is 124 Å². The van der Waals surface area contributed by atoms with Crippen molar-refractivity contribution in [1.29, 1.82) is 0 Å². The Bertz CT molecular complexity index is 2300. The minimum atomic E-state index is -0.175. The van der Waals surface area contributed by atoms with E-state index in [4.69, 9.17) is 8.83 Å². The van der Waals surface area contributed by atoms with Crippen LogP contribution in [0.1, 0.15) is 0 Å². The van der Waals surface area contributed by atoms with E-state index >= 15 is 0 Å².